The van der Waals surface area contributed by atoms with Crippen molar-refractivity contribution in [2.24, 2.45) is 0 Å². The number of hydrogen-bond donors (Lipinski definition) is 1. The van der Waals surface area contributed by atoms with Gasteiger partial charge in [-0.3, -0.25) is 0 Å². The molecule has 1 aromatic carbocycles. The van der Waals surface area contributed by atoms with Gasteiger partial charge >= 0.3 is 0 Å². The second-order valence-corrected chi connectivity index (χ2v) is 5.83. The first-order valence-corrected chi connectivity index (χ1v) is 7.24. The van der Waals surface area contributed by atoms with Crippen molar-refractivity contribution >= 4 is 23.2 Å². The largest absolute Gasteiger partial charge is 0.378 e. The SMILES string of the molecule is COC1(CNC(C)c2c(Cl)ccc(F)c2Cl)CCOC1. The third kappa shape index (κ3) is 3.26. The lowest BCUT2D eigenvalue weighted by atomic mass is 10.0. The maximum absolute atomic E-state index is 13.5. The molecule has 1 aliphatic rings. The lowest BCUT2D eigenvalue weighted by Crippen LogP contribution is -2.43. The number of rotatable bonds is 5. The zero-order valence-corrected chi connectivity index (χ0v) is 13.0. The van der Waals surface area contributed by atoms with Crippen LogP contribution in [0.1, 0.15) is 24.9 Å². The summed E-state index contributed by atoms with van der Waals surface area (Å²) in [6.45, 7) is 3.72. The normalized spacial score (nSPS) is 24.1. The van der Waals surface area contributed by atoms with E-state index < -0.39 is 5.82 Å². The molecule has 6 heteroatoms. The molecule has 0 spiro atoms. The molecule has 1 saturated heterocycles. The Balaban J connectivity index is 2.09. The van der Waals surface area contributed by atoms with Gasteiger partial charge in [-0.05, 0) is 19.1 Å². The first kappa shape index (κ1) is 16.0. The first-order valence-electron chi connectivity index (χ1n) is 6.49. The summed E-state index contributed by atoms with van der Waals surface area (Å²) in [4.78, 5) is 0. The van der Waals surface area contributed by atoms with E-state index in [1.165, 1.54) is 12.1 Å². The predicted octanol–water partition coefficient (Wildman–Crippen LogP) is 3.59. The number of halogens is 3. The van der Waals surface area contributed by atoms with Gasteiger partial charge in [0.05, 0.1) is 11.6 Å². The molecule has 0 aromatic heterocycles. The predicted molar refractivity (Wildman–Crippen MR) is 78.0 cm³/mol. The minimum absolute atomic E-state index is 0.0617. The lowest BCUT2D eigenvalue weighted by molar-refractivity contribution is -0.0172. The van der Waals surface area contributed by atoms with E-state index in [0.29, 0.717) is 30.3 Å². The fraction of sp³-hybridized carbons (Fsp3) is 0.571. The van der Waals surface area contributed by atoms with E-state index in [-0.39, 0.29) is 16.7 Å². The topological polar surface area (TPSA) is 30.5 Å². The molecule has 1 heterocycles. The number of methoxy groups -OCH3 is 1. The molecule has 3 nitrogen and oxygen atoms in total. The lowest BCUT2D eigenvalue weighted by Gasteiger charge is -2.28. The maximum Gasteiger partial charge on any atom is 0.142 e. The van der Waals surface area contributed by atoms with Gasteiger partial charge in [-0.25, -0.2) is 4.39 Å². The zero-order valence-electron chi connectivity index (χ0n) is 11.5. The van der Waals surface area contributed by atoms with Gasteiger partial charge in [-0.15, -0.1) is 0 Å². The Morgan fingerprint density at radius 2 is 2.25 bits per heavy atom. The van der Waals surface area contributed by atoms with Crippen LogP contribution in [0.5, 0.6) is 0 Å². The van der Waals surface area contributed by atoms with Crippen molar-refractivity contribution in [2.45, 2.75) is 25.0 Å². The standard InChI is InChI=1S/C14H18Cl2FNO2/c1-9(12-10(15)3-4-11(17)13(12)16)18-7-14(19-2)5-6-20-8-14/h3-4,9,18H,5-8H2,1-2H3. The average molecular weight is 322 g/mol. The van der Waals surface area contributed by atoms with Crippen LogP contribution in [-0.4, -0.2) is 32.5 Å². The molecule has 0 radical (unpaired) electrons. The Kier molecular flexibility index (Phi) is 5.26. The Morgan fingerprint density at radius 1 is 1.50 bits per heavy atom. The van der Waals surface area contributed by atoms with Crippen LogP contribution in [0.15, 0.2) is 12.1 Å². The van der Waals surface area contributed by atoms with Gasteiger partial charge in [-0.2, -0.15) is 0 Å². The summed E-state index contributed by atoms with van der Waals surface area (Å²) >= 11 is 12.1. The van der Waals surface area contributed by atoms with Crippen molar-refractivity contribution in [3.05, 3.63) is 33.6 Å². The van der Waals surface area contributed by atoms with Gasteiger partial charge in [-0.1, -0.05) is 23.2 Å². The molecule has 2 rings (SSSR count). The van der Waals surface area contributed by atoms with Gasteiger partial charge in [0.15, 0.2) is 0 Å². The average Bonchev–Trinajstić information content (AvgIpc) is 2.91. The molecule has 112 valence electrons. The fourth-order valence-corrected chi connectivity index (χ4v) is 3.04. The zero-order chi connectivity index (χ0) is 14.8. The molecule has 0 bridgehead atoms. The number of nitrogens with one attached hydrogen (secondary N) is 1. The molecule has 1 aliphatic heterocycles. The number of hydrogen-bond acceptors (Lipinski definition) is 3. The van der Waals surface area contributed by atoms with Crippen LogP contribution in [0.3, 0.4) is 0 Å². The highest BCUT2D eigenvalue weighted by atomic mass is 35.5. The molecule has 0 aliphatic carbocycles. The van der Waals surface area contributed by atoms with Crippen LogP contribution < -0.4 is 5.32 Å². The minimum Gasteiger partial charge on any atom is -0.378 e. The molecule has 1 N–H and O–H groups in total. The monoisotopic (exact) mass is 321 g/mol. The van der Waals surface area contributed by atoms with Gasteiger partial charge in [0, 0.05) is 43.3 Å². The quantitative estimate of drug-likeness (QED) is 0.841. The highest BCUT2D eigenvalue weighted by molar-refractivity contribution is 6.36. The van der Waals surface area contributed by atoms with E-state index in [1.807, 2.05) is 6.92 Å². The van der Waals surface area contributed by atoms with Crippen molar-refractivity contribution in [3.63, 3.8) is 0 Å². The molecule has 0 saturated carbocycles. The summed E-state index contributed by atoms with van der Waals surface area (Å²) in [5.74, 6) is -0.467. The van der Waals surface area contributed by atoms with Crippen molar-refractivity contribution < 1.29 is 13.9 Å². The van der Waals surface area contributed by atoms with Crippen molar-refractivity contribution in [2.75, 3.05) is 26.9 Å². The highest BCUT2D eigenvalue weighted by Gasteiger charge is 2.35. The van der Waals surface area contributed by atoms with Gasteiger partial charge in [0.2, 0.25) is 0 Å². The Bertz CT molecular complexity index is 478. The molecular weight excluding hydrogens is 304 g/mol. The third-order valence-corrected chi connectivity index (χ3v) is 4.46. The maximum atomic E-state index is 13.5. The van der Waals surface area contributed by atoms with Gasteiger partial charge in [0.25, 0.3) is 0 Å². The van der Waals surface area contributed by atoms with Crippen LogP contribution in [0.25, 0.3) is 0 Å². The third-order valence-electron chi connectivity index (χ3n) is 3.74. The molecule has 2 atom stereocenters. The Labute approximate surface area is 128 Å². The van der Waals surface area contributed by atoms with Gasteiger partial charge < -0.3 is 14.8 Å². The minimum atomic E-state index is -0.467. The molecule has 2 unspecified atom stereocenters. The summed E-state index contributed by atoms with van der Waals surface area (Å²) in [6, 6.07) is 2.60. The van der Waals surface area contributed by atoms with E-state index in [1.54, 1.807) is 7.11 Å². The Morgan fingerprint density at radius 3 is 2.85 bits per heavy atom. The molecular formula is C14H18Cl2FNO2. The van der Waals surface area contributed by atoms with E-state index in [9.17, 15) is 4.39 Å². The van der Waals surface area contributed by atoms with E-state index >= 15 is 0 Å². The molecule has 1 aromatic rings. The van der Waals surface area contributed by atoms with E-state index in [4.69, 9.17) is 32.7 Å². The number of benzene rings is 1. The van der Waals surface area contributed by atoms with E-state index in [2.05, 4.69) is 5.32 Å². The Hall–Kier alpha value is -0.390. The summed E-state index contributed by atoms with van der Waals surface area (Å²) in [7, 11) is 1.67. The van der Waals surface area contributed by atoms with Crippen LogP contribution in [-0.2, 0) is 9.47 Å². The molecule has 20 heavy (non-hydrogen) atoms. The van der Waals surface area contributed by atoms with Crippen molar-refractivity contribution in [3.8, 4) is 0 Å². The second kappa shape index (κ2) is 6.58. The summed E-state index contributed by atoms with van der Waals surface area (Å²) in [5, 5.41) is 3.81. The van der Waals surface area contributed by atoms with Crippen LogP contribution in [0.2, 0.25) is 10.0 Å². The van der Waals surface area contributed by atoms with Crippen molar-refractivity contribution in [1.29, 1.82) is 0 Å². The second-order valence-electron chi connectivity index (χ2n) is 5.05. The van der Waals surface area contributed by atoms with Crippen LogP contribution >= 0.6 is 23.2 Å². The van der Waals surface area contributed by atoms with Crippen LogP contribution in [0, 0.1) is 5.82 Å². The van der Waals surface area contributed by atoms with Crippen LogP contribution in [0.4, 0.5) is 4.39 Å². The number of ether oxygens (including phenoxy) is 2. The first-order chi connectivity index (χ1) is 9.49. The summed E-state index contributed by atoms with van der Waals surface area (Å²) in [5.41, 5.74) is 0.235. The van der Waals surface area contributed by atoms with Gasteiger partial charge in [0.1, 0.15) is 11.4 Å². The molecule has 0 amide bonds. The summed E-state index contributed by atoms with van der Waals surface area (Å²) in [6.07, 6.45) is 0.827. The fourth-order valence-electron chi connectivity index (χ4n) is 2.34. The van der Waals surface area contributed by atoms with E-state index in [0.717, 1.165) is 6.42 Å². The smallest absolute Gasteiger partial charge is 0.142 e. The summed E-state index contributed by atoms with van der Waals surface area (Å²) < 4.78 is 24.5. The van der Waals surface area contributed by atoms with Crippen molar-refractivity contribution in [1.82, 2.24) is 5.32 Å². The molecule has 1 fully saturated rings. The highest BCUT2D eigenvalue weighted by Crippen LogP contribution is 2.33.